The minimum absolute atomic E-state index is 0.0635. The van der Waals surface area contributed by atoms with Crippen molar-refractivity contribution in [3.63, 3.8) is 0 Å². The van der Waals surface area contributed by atoms with Crippen LogP contribution in [0.15, 0.2) is 23.2 Å². The molecule has 2 aliphatic heterocycles. The predicted molar refractivity (Wildman–Crippen MR) is 124 cm³/mol. The summed E-state index contributed by atoms with van der Waals surface area (Å²) >= 11 is 0. The number of methoxy groups -OCH3 is 1. The number of urea groups is 1. The largest absolute Gasteiger partial charge is 0.493 e. The van der Waals surface area contributed by atoms with Gasteiger partial charge in [0.1, 0.15) is 12.3 Å². The van der Waals surface area contributed by atoms with Crippen molar-refractivity contribution in [3.05, 3.63) is 23.8 Å². The van der Waals surface area contributed by atoms with Crippen molar-refractivity contribution < 1.29 is 28.6 Å². The van der Waals surface area contributed by atoms with Gasteiger partial charge in [-0.15, -0.1) is 0 Å². The Hall–Kier alpha value is -3.38. The van der Waals surface area contributed by atoms with E-state index in [-0.39, 0.29) is 25.2 Å². The standard InChI is InChI=1S/C22H32N6O6/c1-3-25-22(31)27-21-26-17-10-15(5-4-14(17)12-28(21)13-19(29)32-2)33-8-6-16(20(23)30)18-11-24-7-9-34-18/h4-5,10,16,18,24H,3,6-9,11-13H2,1-2H3,(H2,23,30)(H2,25,26,27,31). The van der Waals surface area contributed by atoms with Crippen molar-refractivity contribution in [2.75, 3.05) is 46.5 Å². The van der Waals surface area contributed by atoms with E-state index in [2.05, 4.69) is 20.9 Å². The number of ether oxygens (including phenoxy) is 3. The number of aliphatic imine (C=N–C) groups is 1. The monoisotopic (exact) mass is 476 g/mol. The van der Waals surface area contributed by atoms with E-state index in [9.17, 15) is 14.4 Å². The lowest BCUT2D eigenvalue weighted by molar-refractivity contribution is -0.141. The van der Waals surface area contributed by atoms with Crippen molar-refractivity contribution in [3.8, 4) is 5.75 Å². The van der Waals surface area contributed by atoms with Crippen molar-refractivity contribution in [1.82, 2.24) is 20.9 Å². The second-order valence-corrected chi connectivity index (χ2v) is 7.90. The number of benzene rings is 1. The zero-order valence-electron chi connectivity index (χ0n) is 19.5. The summed E-state index contributed by atoms with van der Waals surface area (Å²) in [6, 6.07) is 4.97. The first-order valence-corrected chi connectivity index (χ1v) is 11.2. The summed E-state index contributed by atoms with van der Waals surface area (Å²) in [5.41, 5.74) is 7.04. The fourth-order valence-corrected chi connectivity index (χ4v) is 3.76. The van der Waals surface area contributed by atoms with Gasteiger partial charge in [0.25, 0.3) is 0 Å². The van der Waals surface area contributed by atoms with Gasteiger partial charge < -0.3 is 35.5 Å². The number of amides is 3. The number of carbonyl (C=O) groups excluding carboxylic acids is 3. The molecule has 186 valence electrons. The fourth-order valence-electron chi connectivity index (χ4n) is 3.76. The molecule has 0 aromatic heterocycles. The number of carbonyl (C=O) groups is 3. The quantitative estimate of drug-likeness (QED) is 0.358. The van der Waals surface area contributed by atoms with Gasteiger partial charge in [0.15, 0.2) is 0 Å². The fraction of sp³-hybridized carbons (Fsp3) is 0.545. The van der Waals surface area contributed by atoms with Crippen LogP contribution in [0.4, 0.5) is 10.5 Å². The number of morpholine rings is 1. The van der Waals surface area contributed by atoms with Crippen molar-refractivity contribution in [1.29, 1.82) is 0 Å². The third-order valence-electron chi connectivity index (χ3n) is 5.52. The van der Waals surface area contributed by atoms with Gasteiger partial charge >= 0.3 is 12.0 Å². The molecule has 2 aliphatic rings. The van der Waals surface area contributed by atoms with Crippen LogP contribution in [0, 0.1) is 5.92 Å². The Morgan fingerprint density at radius 2 is 2.21 bits per heavy atom. The van der Waals surface area contributed by atoms with Crippen LogP contribution in [0.2, 0.25) is 0 Å². The number of nitrogens with one attached hydrogen (secondary N) is 3. The van der Waals surface area contributed by atoms with Crippen LogP contribution in [0.3, 0.4) is 0 Å². The average Bonchev–Trinajstić information content (AvgIpc) is 2.82. The van der Waals surface area contributed by atoms with Gasteiger partial charge in [0, 0.05) is 32.2 Å². The number of primary amides is 1. The Labute approximate surface area is 198 Å². The predicted octanol–water partition coefficient (Wildman–Crippen LogP) is -0.159. The molecule has 1 aromatic carbocycles. The highest BCUT2D eigenvalue weighted by molar-refractivity contribution is 5.99. The van der Waals surface area contributed by atoms with Gasteiger partial charge in [-0.1, -0.05) is 6.07 Å². The van der Waals surface area contributed by atoms with E-state index in [1.165, 1.54) is 7.11 Å². The summed E-state index contributed by atoms with van der Waals surface area (Å²) in [6.45, 7) is 4.67. The molecule has 0 spiro atoms. The van der Waals surface area contributed by atoms with Gasteiger partial charge in [-0.25, -0.2) is 9.79 Å². The first-order valence-electron chi connectivity index (χ1n) is 11.2. The minimum atomic E-state index is -0.455. The van der Waals surface area contributed by atoms with Crippen LogP contribution in [0.5, 0.6) is 5.75 Å². The smallest absolute Gasteiger partial charge is 0.325 e. The zero-order chi connectivity index (χ0) is 24.5. The summed E-state index contributed by atoms with van der Waals surface area (Å²) in [4.78, 5) is 41.9. The maximum Gasteiger partial charge on any atom is 0.325 e. The molecule has 34 heavy (non-hydrogen) atoms. The topological polar surface area (TPSA) is 157 Å². The summed E-state index contributed by atoms with van der Waals surface area (Å²) in [5.74, 6) is -0.527. The summed E-state index contributed by atoms with van der Waals surface area (Å²) in [6.07, 6.45) is 0.144. The second kappa shape index (κ2) is 12.2. The molecule has 2 heterocycles. The Morgan fingerprint density at radius 1 is 1.38 bits per heavy atom. The lowest BCUT2D eigenvalue weighted by atomic mass is 9.97. The molecule has 1 saturated heterocycles. The van der Waals surface area contributed by atoms with Gasteiger partial charge in [-0.05, 0) is 25.0 Å². The summed E-state index contributed by atoms with van der Waals surface area (Å²) in [5, 5.41) is 8.51. The minimum Gasteiger partial charge on any atom is -0.493 e. The van der Waals surface area contributed by atoms with E-state index < -0.39 is 23.8 Å². The number of hydrogen-bond donors (Lipinski definition) is 4. The van der Waals surface area contributed by atoms with Gasteiger partial charge in [0.05, 0.1) is 38.0 Å². The zero-order valence-corrected chi connectivity index (χ0v) is 19.5. The third kappa shape index (κ3) is 6.81. The molecule has 12 heteroatoms. The Morgan fingerprint density at radius 3 is 2.88 bits per heavy atom. The van der Waals surface area contributed by atoms with E-state index >= 15 is 0 Å². The second-order valence-electron chi connectivity index (χ2n) is 7.90. The number of esters is 1. The van der Waals surface area contributed by atoms with Gasteiger partial charge in [-0.3, -0.25) is 14.9 Å². The first kappa shape index (κ1) is 25.2. The number of hydrogen-bond acceptors (Lipinski definition) is 9. The van der Waals surface area contributed by atoms with Crippen molar-refractivity contribution in [2.24, 2.45) is 16.6 Å². The summed E-state index contributed by atoms with van der Waals surface area (Å²) in [7, 11) is 1.30. The lowest BCUT2D eigenvalue weighted by Crippen LogP contribution is -2.50. The molecular weight excluding hydrogens is 444 g/mol. The molecule has 12 nitrogen and oxygen atoms in total. The van der Waals surface area contributed by atoms with E-state index in [0.29, 0.717) is 44.1 Å². The lowest BCUT2D eigenvalue weighted by Gasteiger charge is -2.30. The van der Waals surface area contributed by atoms with Crippen LogP contribution in [-0.2, 0) is 25.6 Å². The number of nitrogens with two attached hydrogens (primary N) is 1. The molecule has 2 unspecified atom stereocenters. The molecule has 3 rings (SSSR count). The highest BCUT2D eigenvalue weighted by Crippen LogP contribution is 2.30. The molecule has 0 saturated carbocycles. The molecule has 1 fully saturated rings. The number of nitrogens with zero attached hydrogens (tertiary/aromatic N) is 2. The molecule has 5 N–H and O–H groups in total. The van der Waals surface area contributed by atoms with Crippen LogP contribution in [0.1, 0.15) is 18.9 Å². The van der Waals surface area contributed by atoms with Crippen LogP contribution >= 0.6 is 0 Å². The SMILES string of the molecule is CCNC(=O)NC1=Nc2cc(OCCC(C(N)=O)C3CNCCO3)ccc2CN1CC(=O)OC. The third-order valence-corrected chi connectivity index (χ3v) is 5.52. The maximum atomic E-state index is 12.1. The Bertz CT molecular complexity index is 917. The number of fused-ring (bicyclic) bond motifs is 1. The maximum absolute atomic E-state index is 12.1. The molecule has 2 atom stereocenters. The Kier molecular flexibility index (Phi) is 9.05. The van der Waals surface area contributed by atoms with Crippen LogP contribution < -0.4 is 26.4 Å². The number of guanidine groups is 1. The van der Waals surface area contributed by atoms with Crippen LogP contribution in [-0.4, -0.2) is 81.4 Å². The van der Waals surface area contributed by atoms with E-state index in [0.717, 1.165) is 12.1 Å². The number of rotatable bonds is 9. The molecule has 3 amide bonds. The van der Waals surface area contributed by atoms with E-state index in [1.807, 2.05) is 6.07 Å². The Balaban J connectivity index is 1.68. The molecular formula is C22H32N6O6. The van der Waals surface area contributed by atoms with Crippen molar-refractivity contribution >= 4 is 29.6 Å². The van der Waals surface area contributed by atoms with Gasteiger partial charge in [-0.2, -0.15) is 0 Å². The van der Waals surface area contributed by atoms with E-state index in [1.54, 1.807) is 24.0 Å². The molecule has 0 bridgehead atoms. The van der Waals surface area contributed by atoms with Crippen LogP contribution in [0.25, 0.3) is 0 Å². The van der Waals surface area contributed by atoms with E-state index in [4.69, 9.17) is 19.9 Å². The molecule has 1 aromatic rings. The highest BCUT2D eigenvalue weighted by atomic mass is 16.5. The van der Waals surface area contributed by atoms with Gasteiger partial charge in [0.2, 0.25) is 11.9 Å². The normalized spacial score (nSPS) is 18.2. The average molecular weight is 477 g/mol. The first-order chi connectivity index (χ1) is 16.4. The van der Waals surface area contributed by atoms with Crippen molar-refractivity contribution in [2.45, 2.75) is 26.0 Å². The summed E-state index contributed by atoms with van der Waals surface area (Å²) < 4.78 is 16.3. The molecule has 0 aliphatic carbocycles. The highest BCUT2D eigenvalue weighted by Gasteiger charge is 2.29. The molecule has 0 radical (unpaired) electrons.